The fourth-order valence-corrected chi connectivity index (χ4v) is 2.47. The zero-order valence-electron chi connectivity index (χ0n) is 12.9. The number of nitrogens with zero attached hydrogens (tertiary/aromatic N) is 2. The normalized spacial score (nSPS) is 11.8. The monoisotopic (exact) mass is 386 g/mol. The molecular weight excluding hydrogens is 372 g/mol. The Morgan fingerprint density at radius 2 is 1.83 bits per heavy atom. The Morgan fingerprint density at radius 1 is 1.12 bits per heavy atom. The molecule has 1 unspecified atom stereocenters. The quantitative estimate of drug-likeness (QED) is 0.689. The summed E-state index contributed by atoms with van der Waals surface area (Å²) in [7, 11) is 0. The van der Waals surface area contributed by atoms with Crippen molar-refractivity contribution in [3.05, 3.63) is 64.6 Å². The summed E-state index contributed by atoms with van der Waals surface area (Å²) in [6.07, 6.45) is -0.951. The Kier molecular flexibility index (Phi) is 4.90. The van der Waals surface area contributed by atoms with Crippen molar-refractivity contribution in [2.24, 2.45) is 0 Å². The number of halogens is 1. The molecule has 0 aliphatic heterocycles. The van der Waals surface area contributed by atoms with Crippen LogP contribution < -0.4 is 5.32 Å². The molecule has 0 radical (unpaired) electrons. The number of amides is 1. The summed E-state index contributed by atoms with van der Waals surface area (Å²) in [5.41, 5.74) is 2.30. The maximum absolute atomic E-state index is 12.1. The highest BCUT2D eigenvalue weighted by molar-refractivity contribution is 9.10. The number of aromatic amines is 1. The fraction of sp³-hybridized carbons (Fsp3) is 0.118. The van der Waals surface area contributed by atoms with Gasteiger partial charge in [-0.2, -0.15) is 10.3 Å². The topological polar surface area (TPSA) is 79.9 Å². The SMILES string of the molecule is CC(OC(=O)Nc1n[nH]nc1-c1ccc(Br)cc1)c1ccccc1. The number of carbonyl (C=O) groups excluding carboxylic acids is 1. The van der Waals surface area contributed by atoms with Crippen molar-refractivity contribution in [1.29, 1.82) is 0 Å². The van der Waals surface area contributed by atoms with Gasteiger partial charge in [-0.1, -0.05) is 58.4 Å². The van der Waals surface area contributed by atoms with Gasteiger partial charge in [0.1, 0.15) is 11.8 Å². The number of H-pyrrole nitrogens is 1. The largest absolute Gasteiger partial charge is 0.441 e. The van der Waals surface area contributed by atoms with Crippen LogP contribution >= 0.6 is 15.9 Å². The van der Waals surface area contributed by atoms with Gasteiger partial charge in [0.05, 0.1) is 0 Å². The lowest BCUT2D eigenvalue weighted by atomic mass is 10.1. The predicted octanol–water partition coefficient (Wildman–Crippen LogP) is 4.54. The smallest absolute Gasteiger partial charge is 0.413 e. The molecule has 1 heterocycles. The first kappa shape index (κ1) is 16.2. The number of hydrogen-bond donors (Lipinski definition) is 2. The van der Waals surface area contributed by atoms with Crippen molar-refractivity contribution in [2.45, 2.75) is 13.0 Å². The zero-order chi connectivity index (χ0) is 16.9. The van der Waals surface area contributed by atoms with E-state index in [1.807, 2.05) is 61.5 Å². The molecule has 2 aromatic carbocycles. The van der Waals surface area contributed by atoms with E-state index in [0.717, 1.165) is 15.6 Å². The van der Waals surface area contributed by atoms with E-state index in [1.165, 1.54) is 0 Å². The van der Waals surface area contributed by atoms with Crippen molar-refractivity contribution in [2.75, 3.05) is 5.32 Å². The average molecular weight is 387 g/mol. The molecule has 1 atom stereocenters. The van der Waals surface area contributed by atoms with Crippen molar-refractivity contribution in [3.8, 4) is 11.3 Å². The van der Waals surface area contributed by atoms with E-state index in [4.69, 9.17) is 4.74 Å². The summed E-state index contributed by atoms with van der Waals surface area (Å²) in [5, 5.41) is 13.2. The molecule has 0 aliphatic carbocycles. The number of aromatic nitrogens is 3. The molecule has 0 aliphatic rings. The highest BCUT2D eigenvalue weighted by atomic mass is 79.9. The molecular formula is C17H15BrN4O2. The summed E-state index contributed by atoms with van der Waals surface area (Å²) < 4.78 is 6.34. The minimum absolute atomic E-state index is 0.322. The van der Waals surface area contributed by atoms with Gasteiger partial charge in [0.15, 0.2) is 5.82 Å². The molecule has 1 amide bonds. The summed E-state index contributed by atoms with van der Waals surface area (Å²) in [4.78, 5) is 12.1. The Balaban J connectivity index is 1.69. The van der Waals surface area contributed by atoms with Crippen LogP contribution in [-0.2, 0) is 4.74 Å². The molecule has 122 valence electrons. The molecule has 3 rings (SSSR count). The highest BCUT2D eigenvalue weighted by Gasteiger charge is 2.16. The second kappa shape index (κ2) is 7.27. The van der Waals surface area contributed by atoms with Gasteiger partial charge >= 0.3 is 6.09 Å². The number of carbonyl (C=O) groups is 1. The van der Waals surface area contributed by atoms with Crippen LogP contribution in [0.3, 0.4) is 0 Å². The van der Waals surface area contributed by atoms with Gasteiger partial charge in [0, 0.05) is 10.0 Å². The van der Waals surface area contributed by atoms with Gasteiger partial charge in [-0.05, 0) is 24.6 Å². The average Bonchev–Trinajstić information content (AvgIpc) is 3.04. The fourth-order valence-electron chi connectivity index (χ4n) is 2.21. The summed E-state index contributed by atoms with van der Waals surface area (Å²) in [6.45, 7) is 1.81. The molecule has 0 saturated heterocycles. The number of benzene rings is 2. The molecule has 3 aromatic rings. The second-order valence-corrected chi connectivity index (χ2v) is 6.03. The third-order valence-corrected chi connectivity index (χ3v) is 3.97. The van der Waals surface area contributed by atoms with Gasteiger partial charge in [0.25, 0.3) is 0 Å². The molecule has 2 N–H and O–H groups in total. The van der Waals surface area contributed by atoms with E-state index < -0.39 is 6.09 Å². The van der Waals surface area contributed by atoms with E-state index in [1.54, 1.807) is 0 Å². The maximum atomic E-state index is 12.1. The molecule has 7 heteroatoms. The summed E-state index contributed by atoms with van der Waals surface area (Å²) in [6, 6.07) is 17.1. The van der Waals surface area contributed by atoms with E-state index in [9.17, 15) is 4.79 Å². The molecule has 0 spiro atoms. The van der Waals surface area contributed by atoms with Crippen LogP contribution in [0.15, 0.2) is 59.1 Å². The van der Waals surface area contributed by atoms with Crippen LogP contribution in [-0.4, -0.2) is 21.5 Å². The lowest BCUT2D eigenvalue weighted by molar-refractivity contribution is 0.121. The first-order chi connectivity index (χ1) is 11.6. The Hall–Kier alpha value is -2.67. The number of hydrogen-bond acceptors (Lipinski definition) is 4. The van der Waals surface area contributed by atoms with E-state index >= 15 is 0 Å². The maximum Gasteiger partial charge on any atom is 0.413 e. The van der Waals surface area contributed by atoms with Gasteiger partial charge in [0.2, 0.25) is 0 Å². The molecule has 0 bridgehead atoms. The van der Waals surface area contributed by atoms with Crippen LogP contribution in [0.1, 0.15) is 18.6 Å². The molecule has 0 fully saturated rings. The van der Waals surface area contributed by atoms with Gasteiger partial charge in [-0.15, -0.1) is 5.10 Å². The van der Waals surface area contributed by atoms with Crippen molar-refractivity contribution in [3.63, 3.8) is 0 Å². The van der Waals surface area contributed by atoms with Crippen LogP contribution in [0.2, 0.25) is 0 Å². The number of anilines is 1. The molecule has 24 heavy (non-hydrogen) atoms. The molecule has 1 aromatic heterocycles. The zero-order valence-corrected chi connectivity index (χ0v) is 14.4. The standard InChI is InChI=1S/C17H15BrN4O2/c1-11(12-5-3-2-4-6-12)24-17(23)19-16-15(20-22-21-16)13-7-9-14(18)10-8-13/h2-11H,1H3,(H2,19,20,21,22,23). The lowest BCUT2D eigenvalue weighted by Crippen LogP contribution is -2.16. The third kappa shape index (κ3) is 3.80. The van der Waals surface area contributed by atoms with Crippen molar-refractivity contribution >= 4 is 27.8 Å². The molecule has 6 nitrogen and oxygen atoms in total. The second-order valence-electron chi connectivity index (χ2n) is 5.11. The Bertz CT molecular complexity index is 818. The van der Waals surface area contributed by atoms with Crippen LogP contribution in [0.4, 0.5) is 10.6 Å². The highest BCUT2D eigenvalue weighted by Crippen LogP contribution is 2.25. The lowest BCUT2D eigenvalue weighted by Gasteiger charge is -2.13. The first-order valence-corrected chi connectivity index (χ1v) is 8.12. The van der Waals surface area contributed by atoms with E-state index in [0.29, 0.717) is 11.5 Å². The summed E-state index contributed by atoms with van der Waals surface area (Å²) >= 11 is 3.38. The number of nitrogens with one attached hydrogen (secondary N) is 2. The van der Waals surface area contributed by atoms with E-state index in [2.05, 4.69) is 36.7 Å². The van der Waals surface area contributed by atoms with Gasteiger partial charge in [-0.25, -0.2) is 4.79 Å². The van der Waals surface area contributed by atoms with Crippen molar-refractivity contribution in [1.82, 2.24) is 15.4 Å². The van der Waals surface area contributed by atoms with Gasteiger partial charge < -0.3 is 4.74 Å². The Morgan fingerprint density at radius 3 is 2.54 bits per heavy atom. The van der Waals surface area contributed by atoms with Crippen LogP contribution in [0, 0.1) is 0 Å². The number of ether oxygens (including phenoxy) is 1. The summed E-state index contributed by atoms with van der Waals surface area (Å²) in [5.74, 6) is 0.322. The van der Waals surface area contributed by atoms with Gasteiger partial charge in [-0.3, -0.25) is 5.32 Å². The Labute approximate surface area is 147 Å². The molecule has 0 saturated carbocycles. The van der Waals surface area contributed by atoms with Crippen LogP contribution in [0.5, 0.6) is 0 Å². The predicted molar refractivity (Wildman–Crippen MR) is 94.5 cm³/mol. The minimum Gasteiger partial charge on any atom is -0.441 e. The number of rotatable bonds is 4. The van der Waals surface area contributed by atoms with E-state index in [-0.39, 0.29) is 6.10 Å². The first-order valence-electron chi connectivity index (χ1n) is 7.33. The minimum atomic E-state index is -0.585. The van der Waals surface area contributed by atoms with Crippen molar-refractivity contribution < 1.29 is 9.53 Å². The van der Waals surface area contributed by atoms with Crippen LogP contribution in [0.25, 0.3) is 11.3 Å². The third-order valence-electron chi connectivity index (χ3n) is 3.44.